The summed E-state index contributed by atoms with van der Waals surface area (Å²) in [6.45, 7) is 16.8. The second-order valence-corrected chi connectivity index (χ2v) is 15.8. The molecule has 2 fully saturated rings. The molecule has 14 heteroatoms. The largest absolute Gasteiger partial charge is 0.453 e. The Labute approximate surface area is 329 Å². The summed E-state index contributed by atoms with van der Waals surface area (Å²) < 4.78 is 9.52. The number of ether oxygens (including phenoxy) is 2. The second kappa shape index (κ2) is 17.8. The van der Waals surface area contributed by atoms with Crippen LogP contribution in [0, 0.1) is 61.2 Å². The smallest absolute Gasteiger partial charge is 0.407 e. The molecule has 2 saturated heterocycles. The van der Waals surface area contributed by atoms with Crippen LogP contribution in [0.1, 0.15) is 112 Å². The average molecular weight is 767 g/mol. The Balaban J connectivity index is 1.28. The van der Waals surface area contributed by atoms with Crippen molar-refractivity contribution in [2.45, 2.75) is 92.4 Å². The van der Waals surface area contributed by atoms with Crippen molar-refractivity contribution in [1.82, 2.24) is 40.4 Å². The first-order valence-corrected chi connectivity index (χ1v) is 19.1. The lowest BCUT2D eigenvalue weighted by molar-refractivity contribution is -0.136. The van der Waals surface area contributed by atoms with Crippen molar-refractivity contribution in [2.75, 3.05) is 27.3 Å². The highest BCUT2D eigenvalue weighted by Crippen LogP contribution is 2.36. The fourth-order valence-corrected chi connectivity index (χ4v) is 7.35. The molecule has 2 aliphatic rings. The monoisotopic (exact) mass is 766 g/mol. The summed E-state index contributed by atoms with van der Waals surface area (Å²) in [7, 11) is 2.56. The summed E-state index contributed by atoms with van der Waals surface area (Å²) in [5.74, 6) is 14.2. The Morgan fingerprint density at radius 3 is 1.41 bits per heavy atom. The molecule has 2 aromatic heterocycles. The highest BCUT2D eigenvalue weighted by Gasteiger charge is 2.41. The van der Waals surface area contributed by atoms with Gasteiger partial charge in [0.15, 0.2) is 0 Å². The molecule has 0 aliphatic carbocycles. The van der Waals surface area contributed by atoms with Gasteiger partial charge in [-0.05, 0) is 85.5 Å². The quantitative estimate of drug-likeness (QED) is 0.229. The van der Waals surface area contributed by atoms with Crippen LogP contribution < -0.4 is 10.6 Å². The van der Waals surface area contributed by atoms with Crippen molar-refractivity contribution in [3.05, 3.63) is 69.8 Å². The molecule has 4 amide bonds. The number of hydrogen-bond donors (Lipinski definition) is 4. The SMILES string of the molecule is COC(=O)N[C@H](C(=O)N1C[C@@H](C)C[C@H]1c1ncc(C#Cc2cc(C)c(C#Cc3cnc([C@@H]4C[C@H](C)CN4C(=O)[C@@H](NC(=O)OC)C(C)C)[nH]3)cc2C)[nH]1)C(C)C. The number of nitrogens with zero attached hydrogens (tertiary/aromatic N) is 4. The standard InChI is InChI=1S/C42H54N8O6/c1-23(2)35(47-41(53)55-9)39(51)49-21-25(5)15-33(49)37-43-19-31(45-37)13-11-29-17-28(8)30(18-27(29)7)12-14-32-20-44-38(46-32)34-16-26(6)22-50(34)40(52)36(24(3)4)48-42(54)56-10/h17-20,23-26,33-36H,15-16,21-22H2,1-10H3,(H,43,45)(H,44,46)(H,47,53)(H,48,54)/t25-,26-,33-,34-,35-,36-/m0/s1. The van der Waals surface area contributed by atoms with E-state index in [1.165, 1.54) is 14.2 Å². The number of carbonyl (C=O) groups excluding carboxylic acids is 4. The van der Waals surface area contributed by atoms with Gasteiger partial charge in [-0.3, -0.25) is 9.59 Å². The third kappa shape index (κ3) is 9.54. The number of nitrogens with one attached hydrogen (secondary N) is 4. The maximum Gasteiger partial charge on any atom is 0.407 e. The molecule has 14 nitrogen and oxygen atoms in total. The van der Waals surface area contributed by atoms with Crippen molar-refractivity contribution >= 4 is 24.0 Å². The predicted molar refractivity (Wildman–Crippen MR) is 210 cm³/mol. The van der Waals surface area contributed by atoms with E-state index >= 15 is 0 Å². The van der Waals surface area contributed by atoms with E-state index in [0.29, 0.717) is 36.1 Å². The molecule has 4 N–H and O–H groups in total. The van der Waals surface area contributed by atoms with E-state index in [1.807, 2.05) is 53.7 Å². The topological polar surface area (TPSA) is 175 Å². The summed E-state index contributed by atoms with van der Waals surface area (Å²) >= 11 is 0. The number of H-pyrrole nitrogens is 2. The molecule has 6 atom stereocenters. The van der Waals surface area contributed by atoms with E-state index in [1.54, 1.807) is 22.2 Å². The first-order valence-electron chi connectivity index (χ1n) is 19.1. The number of alkyl carbamates (subject to hydrolysis) is 2. The van der Waals surface area contributed by atoms with Crippen LogP contribution in [0.15, 0.2) is 24.5 Å². The van der Waals surface area contributed by atoms with E-state index in [4.69, 9.17) is 9.47 Å². The fourth-order valence-electron chi connectivity index (χ4n) is 7.35. The lowest BCUT2D eigenvalue weighted by Crippen LogP contribution is -2.51. The zero-order valence-corrected chi connectivity index (χ0v) is 34.0. The predicted octanol–water partition coefficient (Wildman–Crippen LogP) is 5.13. The highest BCUT2D eigenvalue weighted by molar-refractivity contribution is 5.87. The Kier molecular flexibility index (Phi) is 13.2. The van der Waals surface area contributed by atoms with Crippen molar-refractivity contribution < 1.29 is 28.7 Å². The molecule has 298 valence electrons. The van der Waals surface area contributed by atoms with Gasteiger partial charge in [0, 0.05) is 24.2 Å². The molecule has 2 aliphatic heterocycles. The number of aromatic amines is 2. The van der Waals surface area contributed by atoms with E-state index in [-0.39, 0.29) is 47.6 Å². The van der Waals surface area contributed by atoms with E-state index < -0.39 is 24.3 Å². The van der Waals surface area contributed by atoms with Gasteiger partial charge >= 0.3 is 12.2 Å². The van der Waals surface area contributed by atoms with Crippen LogP contribution >= 0.6 is 0 Å². The Hall–Kier alpha value is -5.76. The fraction of sp³-hybridized carbons (Fsp3) is 0.524. The normalized spacial score (nSPS) is 20.1. The molecule has 0 unspecified atom stereocenters. The summed E-state index contributed by atoms with van der Waals surface area (Å²) in [5.41, 5.74) is 4.90. The van der Waals surface area contributed by atoms with Crippen molar-refractivity contribution in [3.63, 3.8) is 0 Å². The van der Waals surface area contributed by atoms with Crippen LogP contribution in [0.4, 0.5) is 9.59 Å². The van der Waals surface area contributed by atoms with E-state index in [9.17, 15) is 19.2 Å². The van der Waals surface area contributed by atoms with Crippen LogP contribution in [-0.2, 0) is 19.1 Å². The third-order valence-electron chi connectivity index (χ3n) is 10.4. The van der Waals surface area contributed by atoms with Crippen molar-refractivity contribution in [1.29, 1.82) is 0 Å². The van der Waals surface area contributed by atoms with Gasteiger partial charge in [-0.1, -0.05) is 53.4 Å². The molecule has 56 heavy (non-hydrogen) atoms. The van der Waals surface area contributed by atoms with E-state index in [0.717, 1.165) is 35.1 Å². The van der Waals surface area contributed by atoms with Crippen molar-refractivity contribution in [2.24, 2.45) is 23.7 Å². The molecule has 0 radical (unpaired) electrons. The Bertz CT molecular complexity index is 1920. The number of aryl methyl sites for hydroxylation is 2. The first-order chi connectivity index (χ1) is 26.6. The number of rotatable bonds is 8. The molecule has 0 saturated carbocycles. The summed E-state index contributed by atoms with van der Waals surface area (Å²) in [5, 5.41) is 5.38. The number of likely N-dealkylation sites (tertiary alicyclic amines) is 2. The summed E-state index contributed by atoms with van der Waals surface area (Å²) in [6.07, 6.45) is 3.57. The second-order valence-electron chi connectivity index (χ2n) is 15.8. The van der Waals surface area contributed by atoms with Crippen LogP contribution in [0.2, 0.25) is 0 Å². The molecule has 5 rings (SSSR count). The van der Waals surface area contributed by atoms with Gasteiger partial charge in [-0.2, -0.15) is 0 Å². The molecular weight excluding hydrogens is 713 g/mol. The van der Waals surface area contributed by atoms with Gasteiger partial charge in [0.2, 0.25) is 11.8 Å². The summed E-state index contributed by atoms with van der Waals surface area (Å²) in [6, 6.07) is 2.06. The van der Waals surface area contributed by atoms with Gasteiger partial charge in [-0.25, -0.2) is 19.6 Å². The number of methoxy groups -OCH3 is 2. The zero-order chi connectivity index (χ0) is 40.8. The molecule has 4 heterocycles. The minimum absolute atomic E-state index is 0.128. The number of aromatic nitrogens is 4. The minimum atomic E-state index is -0.716. The Morgan fingerprint density at radius 1 is 0.696 bits per heavy atom. The lowest BCUT2D eigenvalue weighted by atomic mass is 10.0. The van der Waals surface area contributed by atoms with Crippen LogP contribution in [-0.4, -0.2) is 93.1 Å². The van der Waals surface area contributed by atoms with Crippen molar-refractivity contribution in [3.8, 4) is 23.7 Å². The van der Waals surface area contributed by atoms with Gasteiger partial charge in [-0.15, -0.1) is 0 Å². The molecule has 3 aromatic rings. The number of imidazole rings is 2. The average Bonchev–Trinajstić information content (AvgIpc) is 3.98. The molecule has 0 spiro atoms. The number of benzene rings is 1. The lowest BCUT2D eigenvalue weighted by Gasteiger charge is -2.30. The van der Waals surface area contributed by atoms with E-state index in [2.05, 4.69) is 68.1 Å². The van der Waals surface area contributed by atoms with Gasteiger partial charge < -0.3 is 39.9 Å². The molecular formula is C42H54N8O6. The first kappa shape index (κ1) is 41.4. The van der Waals surface area contributed by atoms with Crippen LogP contribution in [0.3, 0.4) is 0 Å². The minimum Gasteiger partial charge on any atom is -0.453 e. The Morgan fingerprint density at radius 2 is 1.07 bits per heavy atom. The maximum absolute atomic E-state index is 13.6. The number of amides is 4. The molecule has 0 bridgehead atoms. The summed E-state index contributed by atoms with van der Waals surface area (Å²) in [4.78, 5) is 70.6. The van der Waals surface area contributed by atoms with Gasteiger partial charge in [0.1, 0.15) is 35.1 Å². The number of carbonyl (C=O) groups is 4. The maximum atomic E-state index is 13.6. The number of hydrogen-bond acceptors (Lipinski definition) is 8. The van der Waals surface area contributed by atoms with Gasteiger partial charge in [0.25, 0.3) is 0 Å². The van der Waals surface area contributed by atoms with Gasteiger partial charge in [0.05, 0.1) is 38.7 Å². The van der Waals surface area contributed by atoms with Crippen LogP contribution in [0.5, 0.6) is 0 Å². The zero-order valence-electron chi connectivity index (χ0n) is 34.0. The highest BCUT2D eigenvalue weighted by atomic mass is 16.5. The molecule has 1 aromatic carbocycles. The third-order valence-corrected chi connectivity index (χ3v) is 10.4. The van der Waals surface area contributed by atoms with Crippen LogP contribution in [0.25, 0.3) is 0 Å².